The van der Waals surface area contributed by atoms with Crippen molar-refractivity contribution in [2.45, 2.75) is 13.1 Å². The molecule has 2 amide bonds. The summed E-state index contributed by atoms with van der Waals surface area (Å²) in [5, 5.41) is 1.93. The Morgan fingerprint density at radius 2 is 1.77 bits per heavy atom. The number of rotatable bonds is 5. The Morgan fingerprint density at radius 3 is 2.31 bits per heavy atom. The van der Waals surface area contributed by atoms with Gasteiger partial charge in [0.1, 0.15) is 23.8 Å². The number of thiazole rings is 1. The summed E-state index contributed by atoms with van der Waals surface area (Å²) < 4.78 is 38.4. The zero-order valence-electron chi connectivity index (χ0n) is 14.5. The number of carbonyl (C=O) groups is 2. The number of alkyl halides is 3. The Labute approximate surface area is 153 Å². The fraction of sp³-hybridized carbons (Fsp3) is 0.353. The van der Waals surface area contributed by atoms with Crippen molar-refractivity contribution >= 4 is 23.2 Å². The topological polar surface area (TPSA) is 53.5 Å². The molecule has 0 saturated carbocycles. The summed E-state index contributed by atoms with van der Waals surface area (Å²) in [6.07, 6.45) is -4.61. The summed E-state index contributed by atoms with van der Waals surface area (Å²) in [6, 6.07) is 7.41. The molecule has 0 saturated heterocycles. The number of aromatic nitrogens is 1. The van der Waals surface area contributed by atoms with E-state index < -0.39 is 31.1 Å². The molecule has 1 aromatic heterocycles. The minimum absolute atomic E-state index is 0.110. The summed E-state index contributed by atoms with van der Waals surface area (Å²) in [4.78, 5) is 30.0. The van der Waals surface area contributed by atoms with Gasteiger partial charge in [0.05, 0.1) is 0 Å². The van der Waals surface area contributed by atoms with Crippen LogP contribution in [0.15, 0.2) is 29.6 Å². The molecule has 0 aliphatic rings. The van der Waals surface area contributed by atoms with Gasteiger partial charge < -0.3 is 9.80 Å². The first-order valence-corrected chi connectivity index (χ1v) is 8.53. The van der Waals surface area contributed by atoms with E-state index in [9.17, 15) is 22.8 Å². The number of hydrogen-bond acceptors (Lipinski definition) is 4. The monoisotopic (exact) mass is 385 g/mol. The maximum Gasteiger partial charge on any atom is 0.406 e. The Hall–Kier alpha value is -2.42. The van der Waals surface area contributed by atoms with E-state index in [1.54, 1.807) is 0 Å². The van der Waals surface area contributed by atoms with E-state index in [0.29, 0.717) is 9.91 Å². The molecule has 2 rings (SSSR count). The van der Waals surface area contributed by atoms with Crippen LogP contribution in [0.4, 0.5) is 13.2 Å². The number of hydrogen-bond donors (Lipinski definition) is 0. The summed E-state index contributed by atoms with van der Waals surface area (Å²) >= 11 is 1.16. The van der Waals surface area contributed by atoms with Gasteiger partial charge in [0.2, 0.25) is 5.91 Å². The van der Waals surface area contributed by atoms with Gasteiger partial charge in [-0.15, -0.1) is 11.3 Å². The Bertz CT molecular complexity index is 785. The number of aryl methyl sites for hydroxylation is 1. The summed E-state index contributed by atoms with van der Waals surface area (Å²) in [7, 11) is 2.83. The van der Waals surface area contributed by atoms with Gasteiger partial charge in [-0.05, 0) is 6.92 Å². The van der Waals surface area contributed by atoms with Crippen molar-refractivity contribution in [2.75, 3.05) is 27.2 Å². The average molecular weight is 385 g/mol. The van der Waals surface area contributed by atoms with E-state index in [1.807, 2.05) is 31.2 Å². The number of halogens is 3. The molecule has 1 heterocycles. The van der Waals surface area contributed by atoms with Gasteiger partial charge in [-0.25, -0.2) is 4.98 Å². The van der Waals surface area contributed by atoms with Crippen molar-refractivity contribution in [3.8, 4) is 10.6 Å². The molecule has 2 aromatic rings. The lowest BCUT2D eigenvalue weighted by atomic mass is 10.2. The van der Waals surface area contributed by atoms with E-state index in [0.717, 1.165) is 27.4 Å². The van der Waals surface area contributed by atoms with Crippen LogP contribution in [-0.2, 0) is 4.79 Å². The fourth-order valence-corrected chi connectivity index (χ4v) is 2.88. The third-order valence-electron chi connectivity index (χ3n) is 3.50. The van der Waals surface area contributed by atoms with E-state index in [2.05, 4.69) is 4.98 Å². The molecule has 140 valence electrons. The molecule has 0 spiro atoms. The second-order valence-electron chi connectivity index (χ2n) is 5.97. The largest absolute Gasteiger partial charge is 0.406 e. The Morgan fingerprint density at radius 1 is 1.15 bits per heavy atom. The van der Waals surface area contributed by atoms with Crippen LogP contribution in [-0.4, -0.2) is 60.0 Å². The summed E-state index contributed by atoms with van der Waals surface area (Å²) in [5.41, 5.74) is 1.72. The SMILES string of the molecule is Cc1ccc(-c2nc(C(=O)N(CC(=O)N(C)C)CC(F)(F)F)cs2)cc1. The molecule has 5 nitrogen and oxygen atoms in total. The zero-order valence-corrected chi connectivity index (χ0v) is 15.3. The molecule has 0 atom stereocenters. The third-order valence-corrected chi connectivity index (χ3v) is 4.40. The van der Waals surface area contributed by atoms with Crippen LogP contribution < -0.4 is 0 Å². The van der Waals surface area contributed by atoms with Crippen LogP contribution in [0, 0.1) is 6.92 Å². The first-order valence-electron chi connectivity index (χ1n) is 7.65. The summed E-state index contributed by atoms with van der Waals surface area (Å²) in [5.74, 6) is -1.52. The molecular weight excluding hydrogens is 367 g/mol. The molecule has 0 aliphatic heterocycles. The minimum Gasteiger partial charge on any atom is -0.347 e. The van der Waals surface area contributed by atoms with E-state index >= 15 is 0 Å². The fourth-order valence-electron chi connectivity index (χ4n) is 2.08. The molecule has 0 fully saturated rings. The van der Waals surface area contributed by atoms with E-state index in [1.165, 1.54) is 19.5 Å². The van der Waals surface area contributed by atoms with Gasteiger partial charge in [-0.3, -0.25) is 9.59 Å². The van der Waals surface area contributed by atoms with Crippen molar-refractivity contribution in [1.82, 2.24) is 14.8 Å². The highest BCUT2D eigenvalue weighted by Crippen LogP contribution is 2.25. The van der Waals surface area contributed by atoms with Crippen LogP contribution in [0.2, 0.25) is 0 Å². The molecular formula is C17H18F3N3O2S. The standard InChI is InChI=1S/C17H18F3N3O2S/c1-11-4-6-12(7-5-11)15-21-13(9-26-15)16(25)23(10-17(18,19)20)8-14(24)22(2)3/h4-7,9H,8,10H2,1-3H3. The highest BCUT2D eigenvalue weighted by molar-refractivity contribution is 7.13. The van der Waals surface area contributed by atoms with Crippen LogP contribution >= 0.6 is 11.3 Å². The van der Waals surface area contributed by atoms with E-state index in [-0.39, 0.29) is 5.69 Å². The first kappa shape index (κ1) is 19.9. The van der Waals surface area contributed by atoms with E-state index in [4.69, 9.17) is 0 Å². The van der Waals surface area contributed by atoms with Crippen molar-refractivity contribution in [2.24, 2.45) is 0 Å². The van der Waals surface area contributed by atoms with Gasteiger partial charge in [0, 0.05) is 25.0 Å². The molecule has 0 bridgehead atoms. The molecule has 26 heavy (non-hydrogen) atoms. The van der Waals surface area contributed by atoms with Gasteiger partial charge in [0.15, 0.2) is 0 Å². The maximum atomic E-state index is 12.8. The van der Waals surface area contributed by atoms with Crippen LogP contribution in [0.3, 0.4) is 0 Å². The van der Waals surface area contributed by atoms with Gasteiger partial charge in [0.25, 0.3) is 5.91 Å². The first-order chi connectivity index (χ1) is 12.1. The number of nitrogens with zero attached hydrogens (tertiary/aromatic N) is 3. The molecule has 9 heteroatoms. The quantitative estimate of drug-likeness (QED) is 0.794. The molecule has 0 aliphatic carbocycles. The van der Waals surface area contributed by atoms with Crippen LogP contribution in [0.25, 0.3) is 10.6 Å². The van der Waals surface area contributed by atoms with Crippen molar-refractivity contribution in [3.05, 3.63) is 40.9 Å². The maximum absolute atomic E-state index is 12.8. The third kappa shape index (κ3) is 5.29. The second-order valence-corrected chi connectivity index (χ2v) is 6.83. The highest BCUT2D eigenvalue weighted by Gasteiger charge is 2.35. The smallest absolute Gasteiger partial charge is 0.347 e. The summed E-state index contributed by atoms with van der Waals surface area (Å²) in [6.45, 7) is -0.247. The number of benzene rings is 1. The predicted molar refractivity (Wildman–Crippen MR) is 92.9 cm³/mol. The number of amides is 2. The van der Waals surface area contributed by atoms with Gasteiger partial charge >= 0.3 is 6.18 Å². The minimum atomic E-state index is -4.61. The van der Waals surface area contributed by atoms with Crippen LogP contribution in [0.5, 0.6) is 0 Å². The lowest BCUT2D eigenvalue weighted by Gasteiger charge is -2.24. The molecule has 0 N–H and O–H groups in total. The number of carbonyl (C=O) groups excluding carboxylic acids is 2. The normalized spacial score (nSPS) is 11.3. The second kappa shape index (κ2) is 7.86. The predicted octanol–water partition coefficient (Wildman–Crippen LogP) is 3.21. The Balaban J connectivity index is 2.24. The average Bonchev–Trinajstić information content (AvgIpc) is 3.02. The molecule has 1 aromatic carbocycles. The van der Waals surface area contributed by atoms with Gasteiger partial charge in [-0.2, -0.15) is 13.2 Å². The lowest BCUT2D eigenvalue weighted by molar-refractivity contribution is -0.146. The van der Waals surface area contributed by atoms with Crippen molar-refractivity contribution in [1.29, 1.82) is 0 Å². The lowest BCUT2D eigenvalue weighted by Crippen LogP contribution is -2.45. The van der Waals surface area contributed by atoms with Crippen LogP contribution in [0.1, 0.15) is 16.1 Å². The molecule has 0 unspecified atom stereocenters. The number of likely N-dealkylation sites (N-methyl/N-ethyl adjacent to an activating group) is 1. The van der Waals surface area contributed by atoms with Gasteiger partial charge in [-0.1, -0.05) is 29.8 Å². The Kier molecular flexibility index (Phi) is 6.01. The highest BCUT2D eigenvalue weighted by atomic mass is 32.1. The molecule has 0 radical (unpaired) electrons. The zero-order chi connectivity index (χ0) is 19.5. The van der Waals surface area contributed by atoms with Crippen molar-refractivity contribution < 1.29 is 22.8 Å². The van der Waals surface area contributed by atoms with Crippen molar-refractivity contribution in [3.63, 3.8) is 0 Å².